The maximum Gasteiger partial charge on any atom is 0.0927 e. The number of hydrogen-bond donors (Lipinski definition) is 1. The molecule has 0 aliphatic heterocycles. The first-order valence-corrected chi connectivity index (χ1v) is 7.26. The zero-order valence-electron chi connectivity index (χ0n) is 11.0. The average molecular weight is 232 g/mol. The van der Waals surface area contributed by atoms with Gasteiger partial charge in [-0.3, -0.25) is 0 Å². The van der Waals surface area contributed by atoms with E-state index in [4.69, 9.17) is 0 Å². The van der Waals surface area contributed by atoms with Crippen molar-refractivity contribution in [3.8, 4) is 0 Å². The van der Waals surface area contributed by atoms with Gasteiger partial charge in [-0.25, -0.2) is 0 Å². The molecule has 4 rings (SSSR count). The molecule has 5 atom stereocenters. The van der Waals surface area contributed by atoms with Crippen LogP contribution in [0.25, 0.3) is 0 Å². The van der Waals surface area contributed by atoms with Crippen LogP contribution in [0.5, 0.6) is 0 Å². The van der Waals surface area contributed by atoms with Crippen LogP contribution in [0.4, 0.5) is 0 Å². The van der Waals surface area contributed by atoms with Gasteiger partial charge in [0.05, 0.1) is 5.60 Å². The summed E-state index contributed by atoms with van der Waals surface area (Å²) in [6, 6.07) is 0. The molecule has 2 bridgehead atoms. The van der Waals surface area contributed by atoms with Crippen LogP contribution in [0.15, 0.2) is 23.8 Å². The van der Waals surface area contributed by atoms with Crippen LogP contribution in [0, 0.1) is 23.7 Å². The maximum absolute atomic E-state index is 11.2. The van der Waals surface area contributed by atoms with Gasteiger partial charge in [0.15, 0.2) is 0 Å². The van der Waals surface area contributed by atoms with Crippen molar-refractivity contribution in [1.82, 2.24) is 0 Å². The fourth-order valence-electron chi connectivity index (χ4n) is 4.38. The number of aliphatic hydroxyl groups is 1. The molecular weight excluding hydrogens is 208 g/mol. The monoisotopic (exact) mass is 232 g/mol. The highest BCUT2D eigenvalue weighted by Gasteiger charge is 2.49. The molecule has 0 aromatic rings. The standard InChI is InChI=1S/C16H24O/c1-3-14-11(2)4-9-15(14)16(17)10-12-5-7-13(16)8-6-12/h5,7,9,11-14,17H,3-4,6,8,10H2,1-2H3/t11-,12+,13-,14+,16-/m1/s1. The summed E-state index contributed by atoms with van der Waals surface area (Å²) < 4.78 is 0. The van der Waals surface area contributed by atoms with Gasteiger partial charge < -0.3 is 5.11 Å². The van der Waals surface area contributed by atoms with Crippen LogP contribution < -0.4 is 0 Å². The minimum Gasteiger partial charge on any atom is -0.385 e. The Balaban J connectivity index is 1.91. The van der Waals surface area contributed by atoms with Gasteiger partial charge in [-0.15, -0.1) is 0 Å². The van der Waals surface area contributed by atoms with Crippen molar-refractivity contribution in [2.45, 2.75) is 51.6 Å². The molecule has 1 saturated carbocycles. The van der Waals surface area contributed by atoms with Crippen molar-refractivity contribution < 1.29 is 5.11 Å². The van der Waals surface area contributed by atoms with Crippen LogP contribution in [0.3, 0.4) is 0 Å². The lowest BCUT2D eigenvalue weighted by atomic mass is 9.61. The molecule has 0 aromatic carbocycles. The highest BCUT2D eigenvalue weighted by Crippen LogP contribution is 2.52. The highest BCUT2D eigenvalue weighted by molar-refractivity contribution is 5.32. The second kappa shape index (κ2) is 3.98. The smallest absolute Gasteiger partial charge is 0.0927 e. The first-order chi connectivity index (χ1) is 8.15. The van der Waals surface area contributed by atoms with E-state index >= 15 is 0 Å². The third-order valence-corrected chi connectivity index (χ3v) is 5.39. The Morgan fingerprint density at radius 1 is 1.35 bits per heavy atom. The molecule has 0 amide bonds. The van der Waals surface area contributed by atoms with E-state index in [0.717, 1.165) is 18.8 Å². The number of allylic oxidation sites excluding steroid dienone is 2. The summed E-state index contributed by atoms with van der Waals surface area (Å²) in [6.07, 6.45) is 12.8. The Hall–Kier alpha value is -0.560. The second-order valence-electron chi connectivity index (χ2n) is 6.34. The zero-order chi connectivity index (χ0) is 12.0. The van der Waals surface area contributed by atoms with Gasteiger partial charge in [-0.2, -0.15) is 0 Å². The Morgan fingerprint density at radius 3 is 2.71 bits per heavy atom. The third-order valence-electron chi connectivity index (χ3n) is 5.39. The van der Waals surface area contributed by atoms with Crippen molar-refractivity contribution in [2.24, 2.45) is 23.7 Å². The van der Waals surface area contributed by atoms with E-state index in [2.05, 4.69) is 32.1 Å². The van der Waals surface area contributed by atoms with E-state index in [1.54, 1.807) is 0 Å². The molecule has 1 N–H and O–H groups in total. The SMILES string of the molecule is CC[C@@H]1C([C@@]2(O)C[C@H]3C=C[C@@H]2CC3)=CC[C@H]1C. The van der Waals surface area contributed by atoms with Gasteiger partial charge in [-0.05, 0) is 55.4 Å². The van der Waals surface area contributed by atoms with E-state index in [9.17, 15) is 5.11 Å². The Morgan fingerprint density at radius 2 is 2.18 bits per heavy atom. The van der Waals surface area contributed by atoms with Crippen LogP contribution in [-0.2, 0) is 0 Å². The van der Waals surface area contributed by atoms with Crippen LogP contribution in [0.2, 0.25) is 0 Å². The minimum absolute atomic E-state index is 0.387. The van der Waals surface area contributed by atoms with Crippen molar-refractivity contribution in [1.29, 1.82) is 0 Å². The van der Waals surface area contributed by atoms with E-state index in [1.807, 2.05) is 0 Å². The normalized spacial score (nSPS) is 48.5. The van der Waals surface area contributed by atoms with Gasteiger partial charge in [0.1, 0.15) is 0 Å². The van der Waals surface area contributed by atoms with Gasteiger partial charge >= 0.3 is 0 Å². The van der Waals surface area contributed by atoms with Crippen molar-refractivity contribution in [3.63, 3.8) is 0 Å². The molecule has 0 saturated heterocycles. The molecule has 0 radical (unpaired) electrons. The highest BCUT2D eigenvalue weighted by atomic mass is 16.3. The van der Waals surface area contributed by atoms with E-state index < -0.39 is 5.60 Å². The molecule has 4 aliphatic carbocycles. The largest absolute Gasteiger partial charge is 0.385 e. The first-order valence-electron chi connectivity index (χ1n) is 7.26. The predicted octanol–water partition coefficient (Wildman–Crippen LogP) is 3.70. The van der Waals surface area contributed by atoms with Crippen LogP contribution in [-0.4, -0.2) is 10.7 Å². The van der Waals surface area contributed by atoms with Crippen LogP contribution >= 0.6 is 0 Å². The number of fused-ring (bicyclic) bond motifs is 2. The number of hydrogen-bond acceptors (Lipinski definition) is 1. The van der Waals surface area contributed by atoms with Gasteiger partial charge in [0.2, 0.25) is 0 Å². The summed E-state index contributed by atoms with van der Waals surface area (Å²) in [5.74, 6) is 2.36. The lowest BCUT2D eigenvalue weighted by Gasteiger charge is -2.47. The van der Waals surface area contributed by atoms with Crippen molar-refractivity contribution in [2.75, 3.05) is 0 Å². The molecule has 17 heavy (non-hydrogen) atoms. The fraction of sp³-hybridized carbons (Fsp3) is 0.750. The quantitative estimate of drug-likeness (QED) is 0.720. The van der Waals surface area contributed by atoms with Crippen molar-refractivity contribution in [3.05, 3.63) is 23.8 Å². The summed E-state index contributed by atoms with van der Waals surface area (Å²) in [4.78, 5) is 0. The average Bonchev–Trinajstić information content (AvgIpc) is 2.72. The number of rotatable bonds is 2. The fourth-order valence-corrected chi connectivity index (χ4v) is 4.38. The Labute approximate surface area is 105 Å². The van der Waals surface area contributed by atoms with Gasteiger partial charge in [0.25, 0.3) is 0 Å². The molecule has 4 aliphatic rings. The summed E-state index contributed by atoms with van der Waals surface area (Å²) in [5, 5.41) is 11.2. The second-order valence-corrected chi connectivity index (χ2v) is 6.34. The maximum atomic E-state index is 11.2. The summed E-state index contributed by atoms with van der Waals surface area (Å²) >= 11 is 0. The molecule has 0 unspecified atom stereocenters. The zero-order valence-corrected chi connectivity index (χ0v) is 11.0. The summed E-state index contributed by atoms with van der Waals surface area (Å²) in [5.41, 5.74) is 0.884. The van der Waals surface area contributed by atoms with Gasteiger partial charge in [0, 0.05) is 5.92 Å². The van der Waals surface area contributed by atoms with E-state index in [0.29, 0.717) is 17.8 Å². The third kappa shape index (κ3) is 1.62. The summed E-state index contributed by atoms with van der Waals surface area (Å²) in [6.45, 7) is 4.60. The van der Waals surface area contributed by atoms with E-state index in [-0.39, 0.29) is 0 Å². The van der Waals surface area contributed by atoms with Crippen molar-refractivity contribution >= 4 is 0 Å². The lowest BCUT2D eigenvalue weighted by molar-refractivity contribution is -0.0251. The molecule has 0 heterocycles. The Kier molecular flexibility index (Phi) is 2.70. The molecule has 0 spiro atoms. The topological polar surface area (TPSA) is 20.2 Å². The first kappa shape index (κ1) is 11.5. The minimum atomic E-state index is -0.497. The predicted molar refractivity (Wildman–Crippen MR) is 70.6 cm³/mol. The molecule has 0 aromatic heterocycles. The van der Waals surface area contributed by atoms with E-state index in [1.165, 1.54) is 24.8 Å². The molecule has 1 nitrogen and oxygen atoms in total. The molecular formula is C16H24O. The van der Waals surface area contributed by atoms with Gasteiger partial charge in [-0.1, -0.05) is 32.1 Å². The summed E-state index contributed by atoms with van der Waals surface area (Å²) in [7, 11) is 0. The molecule has 1 fully saturated rings. The molecule has 1 heteroatoms. The van der Waals surface area contributed by atoms with Crippen LogP contribution in [0.1, 0.15) is 46.0 Å². The Bertz CT molecular complexity index is 368. The molecule has 94 valence electrons. The lowest BCUT2D eigenvalue weighted by Crippen LogP contribution is -2.47.